The Morgan fingerprint density at radius 3 is 0.760 bits per heavy atom. The Morgan fingerprint density at radius 2 is 0.720 bits per heavy atom. The van der Waals surface area contributed by atoms with E-state index in [-0.39, 0.29) is 0 Å². The molecule has 0 aliphatic rings. The van der Waals surface area contributed by atoms with E-state index in [0.717, 1.165) is 0 Å². The molecule has 156 valence electrons. The van der Waals surface area contributed by atoms with Gasteiger partial charge >= 0.3 is 0 Å². The largest absolute Gasteiger partial charge is 0.456 e. The highest BCUT2D eigenvalue weighted by atomic mass is 35.6. The molecule has 0 atom stereocenters. The second-order valence-electron chi connectivity index (χ2n) is 10.8. The third-order valence-electron chi connectivity index (χ3n) is 2.66. The van der Waals surface area contributed by atoms with Gasteiger partial charge in [0.2, 0.25) is 0 Å². The first kappa shape index (κ1) is 31.0. The van der Waals surface area contributed by atoms with E-state index in [4.69, 9.17) is 19.3 Å². The van der Waals surface area contributed by atoms with E-state index in [1.54, 1.807) is 0 Å². The Labute approximate surface area is 170 Å². The lowest BCUT2D eigenvalue weighted by molar-refractivity contribution is 0.541. The third-order valence-corrected chi connectivity index (χ3v) is 15.0. The summed E-state index contributed by atoms with van der Waals surface area (Å²) in [5.41, 5.74) is 0. The Balaban J connectivity index is -0.000000311. The van der Waals surface area contributed by atoms with Crippen LogP contribution in [-0.4, -0.2) is 40.7 Å². The van der Waals surface area contributed by atoms with Crippen molar-refractivity contribution in [1.29, 1.82) is 0 Å². The monoisotopic (exact) mass is 460 g/mol. The van der Waals surface area contributed by atoms with Crippen molar-refractivity contribution in [2.45, 2.75) is 111 Å². The predicted octanol–water partition coefficient (Wildman–Crippen LogP) is 8.19. The molecule has 0 amide bonds. The van der Waals surface area contributed by atoms with Crippen molar-refractivity contribution in [3.63, 3.8) is 0 Å². The van der Waals surface area contributed by atoms with E-state index in [2.05, 4.69) is 99.0 Å². The zero-order valence-electron chi connectivity index (χ0n) is 20.1. The van der Waals surface area contributed by atoms with Crippen LogP contribution >= 0.6 is 11.1 Å². The maximum Gasteiger partial charge on any atom is 0.175 e. The first-order chi connectivity index (χ1) is 10.5. The van der Waals surface area contributed by atoms with Gasteiger partial charge < -0.3 is 8.23 Å². The van der Waals surface area contributed by atoms with Crippen molar-refractivity contribution in [3.8, 4) is 0 Å². The fourth-order valence-electron chi connectivity index (χ4n) is 2.05. The molecule has 0 aliphatic carbocycles. The summed E-state index contributed by atoms with van der Waals surface area (Å²) < 4.78 is 12.1. The van der Waals surface area contributed by atoms with Crippen LogP contribution in [0.25, 0.3) is 0 Å². The van der Waals surface area contributed by atoms with Crippen molar-refractivity contribution in [3.05, 3.63) is 0 Å². The fraction of sp³-hybridized carbons (Fsp3) is 1.00. The molecule has 0 bridgehead atoms. The quantitative estimate of drug-likeness (QED) is 0.293. The standard InChI is InChI=1S/C8H22OSi2.C6H18OSi2.C3H9ClSi/c1-7-11(6,8-2)9-10(3,4)5;1-8(2,3)7-9(4,5)6;1-5(2,3)4/h7-8H2,1-6H3;1-6H3;1-3H3. The molecule has 0 aromatic carbocycles. The van der Waals surface area contributed by atoms with E-state index in [0.29, 0.717) is 0 Å². The van der Waals surface area contributed by atoms with Gasteiger partial charge in [-0.1, -0.05) is 33.5 Å². The average Bonchev–Trinajstić information content (AvgIpc) is 2.20. The van der Waals surface area contributed by atoms with Crippen LogP contribution in [0.4, 0.5) is 0 Å². The summed E-state index contributed by atoms with van der Waals surface area (Å²) in [6, 6.07) is 2.52. The fourth-order valence-corrected chi connectivity index (χ4v) is 17.0. The molecule has 8 heteroatoms. The smallest absolute Gasteiger partial charge is 0.175 e. The van der Waals surface area contributed by atoms with Gasteiger partial charge in [-0.15, -0.1) is 0 Å². The zero-order chi connectivity index (χ0) is 21.3. The van der Waals surface area contributed by atoms with E-state index in [9.17, 15) is 0 Å². The molecule has 0 aromatic rings. The molecule has 0 saturated carbocycles. The lowest BCUT2D eigenvalue weighted by atomic mass is 10.9. The molecule has 25 heavy (non-hydrogen) atoms. The molecule has 0 spiro atoms. The topological polar surface area (TPSA) is 18.5 Å². The van der Waals surface area contributed by atoms with Crippen molar-refractivity contribution in [1.82, 2.24) is 0 Å². The molecule has 0 fully saturated rings. The Hall–Kier alpha value is 1.29. The first-order valence-electron chi connectivity index (χ1n) is 9.63. The van der Waals surface area contributed by atoms with Crippen LogP contribution in [0.5, 0.6) is 0 Å². The van der Waals surface area contributed by atoms with Crippen LogP contribution in [0.1, 0.15) is 13.8 Å². The highest BCUT2D eigenvalue weighted by Gasteiger charge is 2.30. The molecule has 0 unspecified atom stereocenters. The van der Waals surface area contributed by atoms with Gasteiger partial charge in [-0.05, 0) is 77.6 Å². The molecule has 0 heterocycles. The van der Waals surface area contributed by atoms with Crippen LogP contribution in [-0.2, 0) is 8.23 Å². The van der Waals surface area contributed by atoms with E-state index < -0.39 is 40.7 Å². The minimum absolute atomic E-state index is 1.14. The van der Waals surface area contributed by atoms with E-state index in [1.807, 2.05) is 0 Å². The van der Waals surface area contributed by atoms with Crippen molar-refractivity contribution < 1.29 is 8.23 Å². The predicted molar refractivity (Wildman–Crippen MR) is 134 cm³/mol. The van der Waals surface area contributed by atoms with Crippen LogP contribution < -0.4 is 0 Å². The molecule has 0 aliphatic heterocycles. The minimum atomic E-state index is -1.27. The summed E-state index contributed by atoms with van der Waals surface area (Å²) in [5, 5.41) is 0. The second kappa shape index (κ2) is 12.0. The van der Waals surface area contributed by atoms with Crippen LogP contribution in [0.15, 0.2) is 0 Å². The van der Waals surface area contributed by atoms with Gasteiger partial charge in [0.25, 0.3) is 0 Å². The average molecular weight is 461 g/mol. The summed E-state index contributed by atoms with van der Waals surface area (Å²) in [5.74, 6) is 0. The third kappa shape index (κ3) is 36.9. The number of hydrogen-bond acceptors (Lipinski definition) is 2. The molecule has 0 rings (SSSR count). The van der Waals surface area contributed by atoms with Gasteiger partial charge in [0.1, 0.15) is 7.38 Å². The van der Waals surface area contributed by atoms with Gasteiger partial charge in [0.15, 0.2) is 33.3 Å². The summed E-state index contributed by atoms with van der Waals surface area (Å²) in [6.07, 6.45) is 0. The molecule has 0 N–H and O–H groups in total. The van der Waals surface area contributed by atoms with Gasteiger partial charge in [-0.3, -0.25) is 0 Å². The Morgan fingerprint density at radius 1 is 0.520 bits per heavy atom. The Kier molecular flexibility index (Phi) is 14.9. The first-order valence-corrected chi connectivity index (χ1v) is 27.2. The maximum absolute atomic E-state index is 6.20. The van der Waals surface area contributed by atoms with E-state index >= 15 is 0 Å². The molecule has 0 aromatic heterocycles. The van der Waals surface area contributed by atoms with Gasteiger partial charge in [0.05, 0.1) is 0 Å². The van der Waals surface area contributed by atoms with Crippen molar-refractivity contribution in [2.75, 3.05) is 0 Å². The summed E-state index contributed by atoms with van der Waals surface area (Å²) in [6.45, 7) is 33.4. The number of rotatable bonds is 6. The highest BCUT2D eigenvalue weighted by molar-refractivity contribution is 7.18. The lowest BCUT2D eigenvalue weighted by Gasteiger charge is -2.32. The molecule has 0 radical (unpaired) electrons. The minimum Gasteiger partial charge on any atom is -0.456 e. The van der Waals surface area contributed by atoms with Crippen LogP contribution in [0.3, 0.4) is 0 Å². The van der Waals surface area contributed by atoms with E-state index in [1.165, 1.54) is 12.1 Å². The van der Waals surface area contributed by atoms with Gasteiger partial charge in [0, 0.05) is 0 Å². The molecular weight excluding hydrogens is 412 g/mol. The highest BCUT2D eigenvalue weighted by Crippen LogP contribution is 2.21. The van der Waals surface area contributed by atoms with Crippen LogP contribution in [0.2, 0.25) is 97.2 Å². The number of halogens is 1. The maximum atomic E-state index is 6.20. The summed E-state index contributed by atoms with van der Waals surface area (Å²) in [4.78, 5) is 0. The van der Waals surface area contributed by atoms with Gasteiger partial charge in [-0.25, -0.2) is 0 Å². The SMILES string of the molecule is CC[Si](C)(CC)O[Si](C)(C)C.C[Si](C)(C)Cl.C[Si](C)(C)O[Si](C)(C)C. The van der Waals surface area contributed by atoms with Crippen molar-refractivity contribution in [2.24, 2.45) is 0 Å². The van der Waals surface area contributed by atoms with Gasteiger partial charge in [-0.2, -0.15) is 11.1 Å². The number of hydrogen-bond donors (Lipinski definition) is 0. The molecule has 0 saturated heterocycles. The normalized spacial score (nSPS) is 13.4. The Bertz CT molecular complexity index is 317. The van der Waals surface area contributed by atoms with Crippen LogP contribution in [0, 0.1) is 0 Å². The summed E-state index contributed by atoms with van der Waals surface area (Å²) >= 11 is 5.67. The second-order valence-corrected chi connectivity index (χ2v) is 36.9. The van der Waals surface area contributed by atoms with Crippen molar-refractivity contribution >= 4 is 51.7 Å². The molecule has 2 nitrogen and oxygen atoms in total. The lowest BCUT2D eigenvalue weighted by Crippen LogP contribution is -2.43. The summed E-state index contributed by atoms with van der Waals surface area (Å²) in [7, 11) is -6.14. The molecular formula is C17H49ClO2Si5. The zero-order valence-corrected chi connectivity index (χ0v) is 25.9.